The summed E-state index contributed by atoms with van der Waals surface area (Å²) < 4.78 is 0. The molecule has 1 saturated heterocycles. The van der Waals surface area contributed by atoms with Crippen LogP contribution in [0.15, 0.2) is 0 Å². The average molecular weight is 263 g/mol. The summed E-state index contributed by atoms with van der Waals surface area (Å²) in [5.74, 6) is 0.204. The first-order chi connectivity index (χ1) is 7.38. The molecule has 102 valence electrons. The van der Waals surface area contributed by atoms with Crippen LogP contribution in [0.3, 0.4) is 0 Å². The Hall–Kier alpha value is -0.280. The lowest BCUT2D eigenvalue weighted by atomic mass is 9.90. The van der Waals surface area contributed by atoms with Gasteiger partial charge in [0.1, 0.15) is 0 Å². The lowest BCUT2D eigenvalue weighted by Crippen LogP contribution is -2.51. The van der Waals surface area contributed by atoms with Crippen LogP contribution in [0.1, 0.15) is 53.4 Å². The predicted molar refractivity (Wildman–Crippen MR) is 74.6 cm³/mol. The Balaban J connectivity index is 0.00000256. The maximum atomic E-state index is 11.8. The van der Waals surface area contributed by atoms with E-state index < -0.39 is 0 Å². The predicted octanol–water partition coefficient (Wildman–Crippen LogP) is 2.49. The van der Waals surface area contributed by atoms with Crippen molar-refractivity contribution in [3.8, 4) is 0 Å². The van der Waals surface area contributed by atoms with Crippen molar-refractivity contribution >= 4 is 18.3 Å². The van der Waals surface area contributed by atoms with E-state index in [2.05, 4.69) is 38.3 Å². The van der Waals surface area contributed by atoms with Gasteiger partial charge in [-0.25, -0.2) is 0 Å². The van der Waals surface area contributed by atoms with Crippen molar-refractivity contribution in [1.29, 1.82) is 0 Å². The van der Waals surface area contributed by atoms with Gasteiger partial charge in [0, 0.05) is 18.5 Å². The van der Waals surface area contributed by atoms with E-state index in [1.807, 2.05) is 0 Å². The molecule has 0 saturated carbocycles. The second kappa shape index (κ2) is 7.22. The van der Waals surface area contributed by atoms with Crippen molar-refractivity contribution in [2.24, 2.45) is 5.41 Å². The number of rotatable bonds is 3. The van der Waals surface area contributed by atoms with Gasteiger partial charge < -0.3 is 10.6 Å². The molecule has 1 amide bonds. The van der Waals surface area contributed by atoms with Crippen molar-refractivity contribution in [1.82, 2.24) is 10.6 Å². The third kappa shape index (κ3) is 6.89. The minimum absolute atomic E-state index is 0. The Labute approximate surface area is 112 Å². The molecule has 0 spiro atoms. The Morgan fingerprint density at radius 3 is 2.59 bits per heavy atom. The first kappa shape index (κ1) is 16.7. The van der Waals surface area contributed by atoms with Gasteiger partial charge >= 0.3 is 0 Å². The van der Waals surface area contributed by atoms with E-state index in [0.717, 1.165) is 25.8 Å². The van der Waals surface area contributed by atoms with E-state index in [-0.39, 0.29) is 23.7 Å². The fraction of sp³-hybridized carbons (Fsp3) is 0.923. The Bertz CT molecular complexity index is 238. The minimum atomic E-state index is 0. The quantitative estimate of drug-likeness (QED) is 0.821. The van der Waals surface area contributed by atoms with E-state index in [0.29, 0.717) is 18.5 Å². The molecule has 1 heterocycles. The van der Waals surface area contributed by atoms with Crippen molar-refractivity contribution in [3.05, 3.63) is 0 Å². The van der Waals surface area contributed by atoms with Gasteiger partial charge in [-0.05, 0) is 38.1 Å². The van der Waals surface area contributed by atoms with E-state index in [9.17, 15) is 4.79 Å². The fourth-order valence-corrected chi connectivity index (χ4v) is 2.01. The molecule has 2 atom stereocenters. The van der Waals surface area contributed by atoms with Crippen LogP contribution in [0, 0.1) is 5.41 Å². The molecule has 2 unspecified atom stereocenters. The molecule has 0 aromatic carbocycles. The number of amides is 1. The van der Waals surface area contributed by atoms with E-state index >= 15 is 0 Å². The molecule has 0 bridgehead atoms. The number of halogens is 1. The SMILES string of the molecule is CC1NCCCC1NC(=O)CCC(C)(C)C.Cl. The van der Waals surface area contributed by atoms with Crippen molar-refractivity contribution in [2.75, 3.05) is 6.54 Å². The maximum Gasteiger partial charge on any atom is 0.220 e. The van der Waals surface area contributed by atoms with Crippen LogP contribution in [0.4, 0.5) is 0 Å². The topological polar surface area (TPSA) is 41.1 Å². The number of carbonyl (C=O) groups excluding carboxylic acids is 1. The molecule has 1 fully saturated rings. The molecule has 17 heavy (non-hydrogen) atoms. The molecule has 1 aliphatic heterocycles. The first-order valence-electron chi connectivity index (χ1n) is 6.41. The summed E-state index contributed by atoms with van der Waals surface area (Å²) in [4.78, 5) is 11.8. The van der Waals surface area contributed by atoms with Gasteiger partial charge in [-0.15, -0.1) is 12.4 Å². The maximum absolute atomic E-state index is 11.8. The van der Waals surface area contributed by atoms with Gasteiger partial charge in [0.25, 0.3) is 0 Å². The molecule has 4 heteroatoms. The summed E-state index contributed by atoms with van der Waals surface area (Å²) in [5, 5.41) is 6.53. The summed E-state index contributed by atoms with van der Waals surface area (Å²) >= 11 is 0. The van der Waals surface area contributed by atoms with Crippen molar-refractivity contribution < 1.29 is 4.79 Å². The minimum Gasteiger partial charge on any atom is -0.352 e. The third-order valence-electron chi connectivity index (χ3n) is 3.21. The zero-order chi connectivity index (χ0) is 12.2. The number of hydrogen-bond donors (Lipinski definition) is 2. The van der Waals surface area contributed by atoms with Gasteiger partial charge in [0.05, 0.1) is 0 Å². The van der Waals surface area contributed by atoms with Crippen LogP contribution in [-0.4, -0.2) is 24.5 Å². The molecule has 0 aromatic heterocycles. The first-order valence-corrected chi connectivity index (χ1v) is 6.41. The summed E-state index contributed by atoms with van der Waals surface area (Å²) in [7, 11) is 0. The van der Waals surface area contributed by atoms with Crippen LogP contribution in [0.2, 0.25) is 0 Å². The molecule has 0 aromatic rings. The molecule has 3 nitrogen and oxygen atoms in total. The monoisotopic (exact) mass is 262 g/mol. The molecular formula is C13H27ClN2O. The van der Waals surface area contributed by atoms with Gasteiger partial charge in [0.15, 0.2) is 0 Å². The van der Waals surface area contributed by atoms with Gasteiger partial charge in [-0.3, -0.25) is 4.79 Å². The van der Waals surface area contributed by atoms with Gasteiger partial charge in [0.2, 0.25) is 5.91 Å². The van der Waals surface area contributed by atoms with Gasteiger partial charge in [-0.1, -0.05) is 20.8 Å². The highest BCUT2D eigenvalue weighted by molar-refractivity contribution is 5.85. The van der Waals surface area contributed by atoms with Crippen LogP contribution in [0.25, 0.3) is 0 Å². The third-order valence-corrected chi connectivity index (χ3v) is 3.21. The lowest BCUT2D eigenvalue weighted by molar-refractivity contribution is -0.122. The number of nitrogens with one attached hydrogen (secondary N) is 2. The number of piperidine rings is 1. The van der Waals surface area contributed by atoms with Crippen LogP contribution in [0.5, 0.6) is 0 Å². The molecule has 1 aliphatic rings. The van der Waals surface area contributed by atoms with Gasteiger partial charge in [-0.2, -0.15) is 0 Å². The normalized spacial score (nSPS) is 24.9. The average Bonchev–Trinajstić information content (AvgIpc) is 2.18. The van der Waals surface area contributed by atoms with Crippen LogP contribution >= 0.6 is 12.4 Å². The summed E-state index contributed by atoms with van der Waals surface area (Å²) in [5.41, 5.74) is 0.244. The summed E-state index contributed by atoms with van der Waals surface area (Å²) in [6.45, 7) is 9.74. The number of hydrogen-bond acceptors (Lipinski definition) is 2. The zero-order valence-electron chi connectivity index (χ0n) is 11.5. The van der Waals surface area contributed by atoms with E-state index in [4.69, 9.17) is 0 Å². The fourth-order valence-electron chi connectivity index (χ4n) is 2.01. The van der Waals surface area contributed by atoms with E-state index in [1.165, 1.54) is 0 Å². The second-order valence-corrected chi connectivity index (χ2v) is 6.12. The number of carbonyl (C=O) groups is 1. The molecule has 0 radical (unpaired) electrons. The zero-order valence-corrected chi connectivity index (χ0v) is 12.3. The summed E-state index contributed by atoms with van der Waals surface area (Å²) in [6.07, 6.45) is 3.87. The smallest absolute Gasteiger partial charge is 0.220 e. The van der Waals surface area contributed by atoms with Crippen LogP contribution in [-0.2, 0) is 4.79 Å². The second-order valence-electron chi connectivity index (χ2n) is 6.12. The van der Waals surface area contributed by atoms with E-state index in [1.54, 1.807) is 0 Å². The highest BCUT2D eigenvalue weighted by atomic mass is 35.5. The highest BCUT2D eigenvalue weighted by Crippen LogP contribution is 2.20. The lowest BCUT2D eigenvalue weighted by Gasteiger charge is -2.31. The Morgan fingerprint density at radius 1 is 1.41 bits per heavy atom. The molecule has 1 rings (SSSR count). The van der Waals surface area contributed by atoms with Crippen LogP contribution < -0.4 is 10.6 Å². The van der Waals surface area contributed by atoms with Crippen molar-refractivity contribution in [2.45, 2.75) is 65.5 Å². The largest absolute Gasteiger partial charge is 0.352 e. The Kier molecular flexibility index (Phi) is 7.10. The molecule has 0 aliphatic carbocycles. The molecule has 2 N–H and O–H groups in total. The highest BCUT2D eigenvalue weighted by Gasteiger charge is 2.22. The summed E-state index contributed by atoms with van der Waals surface area (Å²) in [6, 6.07) is 0.730. The molecular weight excluding hydrogens is 236 g/mol. The van der Waals surface area contributed by atoms with Crippen molar-refractivity contribution in [3.63, 3.8) is 0 Å². The Morgan fingerprint density at radius 2 is 2.06 bits per heavy atom. The standard InChI is InChI=1S/C13H26N2O.ClH/c1-10-11(6-5-9-14-10)15-12(16)7-8-13(2,3)4;/h10-11,14H,5-9H2,1-4H3,(H,15,16);1H.